The van der Waals surface area contributed by atoms with Crippen LogP contribution in [0.4, 0.5) is 0 Å². The molecule has 0 aliphatic heterocycles. The largest absolute Gasteiger partial charge is 0.481 e. The Morgan fingerprint density at radius 2 is 2.29 bits per heavy atom. The molecule has 3 N–H and O–H groups in total. The maximum atomic E-state index is 11.5. The molecule has 1 fully saturated rings. The van der Waals surface area contributed by atoms with E-state index < -0.39 is 11.9 Å². The Bertz CT molecular complexity index is 405. The lowest BCUT2D eigenvalue weighted by Gasteiger charge is -2.15. The predicted molar refractivity (Wildman–Crippen MR) is 55.0 cm³/mol. The second kappa shape index (κ2) is 4.89. The van der Waals surface area contributed by atoms with Gasteiger partial charge in [-0.15, -0.1) is 10.2 Å². The summed E-state index contributed by atoms with van der Waals surface area (Å²) in [7, 11) is 0. The van der Waals surface area contributed by atoms with Crippen LogP contribution >= 0.6 is 0 Å². The van der Waals surface area contributed by atoms with Crippen LogP contribution in [0, 0.1) is 11.8 Å². The van der Waals surface area contributed by atoms with Crippen molar-refractivity contribution in [2.45, 2.75) is 19.3 Å². The summed E-state index contributed by atoms with van der Waals surface area (Å²) in [5.41, 5.74) is 0. The predicted octanol–water partition coefficient (Wildman–Crippen LogP) is -0.570. The molecular weight excluding hydrogens is 226 g/mol. The number of hydrogen-bond acceptors (Lipinski definition) is 5. The number of amides is 1. The van der Waals surface area contributed by atoms with Crippen molar-refractivity contribution in [3.05, 3.63) is 5.82 Å². The van der Waals surface area contributed by atoms with E-state index in [4.69, 9.17) is 5.11 Å². The third kappa shape index (κ3) is 2.58. The van der Waals surface area contributed by atoms with E-state index in [-0.39, 0.29) is 17.7 Å². The van der Waals surface area contributed by atoms with Gasteiger partial charge in [0.05, 0.1) is 5.92 Å². The van der Waals surface area contributed by atoms with Gasteiger partial charge in [-0.05, 0) is 24.0 Å². The van der Waals surface area contributed by atoms with Crippen molar-refractivity contribution in [1.29, 1.82) is 0 Å². The van der Waals surface area contributed by atoms with E-state index in [0.29, 0.717) is 13.0 Å². The van der Waals surface area contributed by atoms with Crippen molar-refractivity contribution in [3.8, 4) is 0 Å². The molecule has 0 bridgehead atoms. The number of nitrogens with zero attached hydrogens (tertiary/aromatic N) is 3. The number of nitrogens with one attached hydrogen (secondary N) is 2. The highest BCUT2D eigenvalue weighted by atomic mass is 16.4. The summed E-state index contributed by atoms with van der Waals surface area (Å²) >= 11 is 0. The minimum atomic E-state index is -0.790. The molecule has 0 radical (unpaired) electrons. The number of rotatable bonds is 4. The van der Waals surface area contributed by atoms with Crippen molar-refractivity contribution in [1.82, 2.24) is 25.9 Å². The molecule has 8 nitrogen and oxygen atoms in total. The Hall–Kier alpha value is -1.99. The third-order valence-electron chi connectivity index (χ3n) is 3.05. The Morgan fingerprint density at radius 3 is 2.94 bits per heavy atom. The van der Waals surface area contributed by atoms with Crippen LogP contribution in [-0.2, 0) is 4.79 Å². The molecule has 1 saturated carbocycles. The summed E-state index contributed by atoms with van der Waals surface area (Å²) in [5.74, 6) is -1.63. The molecule has 92 valence electrons. The number of aromatic nitrogens is 4. The number of tetrazole rings is 1. The minimum Gasteiger partial charge on any atom is -0.481 e. The van der Waals surface area contributed by atoms with Gasteiger partial charge in [0, 0.05) is 6.54 Å². The Balaban J connectivity index is 1.86. The number of hydrogen-bond donors (Lipinski definition) is 3. The summed E-state index contributed by atoms with van der Waals surface area (Å²) in [6.45, 7) is 0.338. The number of H-pyrrole nitrogens is 1. The zero-order valence-corrected chi connectivity index (χ0v) is 9.09. The molecule has 1 heterocycles. The molecule has 1 aliphatic carbocycles. The maximum absolute atomic E-state index is 11.5. The van der Waals surface area contributed by atoms with Crippen molar-refractivity contribution in [3.63, 3.8) is 0 Å². The van der Waals surface area contributed by atoms with Gasteiger partial charge in [-0.1, -0.05) is 6.42 Å². The van der Waals surface area contributed by atoms with E-state index in [1.165, 1.54) is 0 Å². The van der Waals surface area contributed by atoms with Crippen LogP contribution in [0.15, 0.2) is 0 Å². The lowest BCUT2D eigenvalue weighted by atomic mass is 9.96. The molecule has 0 spiro atoms. The molecule has 2 rings (SSSR count). The number of carbonyl (C=O) groups excluding carboxylic acids is 1. The van der Waals surface area contributed by atoms with E-state index in [9.17, 15) is 9.59 Å². The van der Waals surface area contributed by atoms with Crippen molar-refractivity contribution in [2.24, 2.45) is 11.8 Å². The fraction of sp³-hybridized carbons (Fsp3) is 0.667. The molecule has 1 aromatic heterocycles. The first-order valence-corrected chi connectivity index (χ1v) is 5.43. The Kier molecular flexibility index (Phi) is 3.31. The zero-order valence-electron chi connectivity index (χ0n) is 9.09. The smallest absolute Gasteiger partial charge is 0.306 e. The fourth-order valence-electron chi connectivity index (χ4n) is 2.17. The normalized spacial score (nSPS) is 23.5. The van der Waals surface area contributed by atoms with Crippen molar-refractivity contribution in [2.75, 3.05) is 6.54 Å². The summed E-state index contributed by atoms with van der Waals surface area (Å²) in [4.78, 5) is 22.4. The number of carboxylic acid groups (broad SMARTS) is 1. The van der Waals surface area contributed by atoms with Crippen LogP contribution in [0.2, 0.25) is 0 Å². The lowest BCUT2D eigenvalue weighted by Crippen LogP contribution is -2.33. The summed E-state index contributed by atoms with van der Waals surface area (Å²) < 4.78 is 0. The van der Waals surface area contributed by atoms with E-state index in [2.05, 4.69) is 25.9 Å². The van der Waals surface area contributed by atoms with Crippen molar-refractivity contribution >= 4 is 11.9 Å². The molecule has 17 heavy (non-hydrogen) atoms. The first-order chi connectivity index (χ1) is 8.18. The van der Waals surface area contributed by atoms with Gasteiger partial charge < -0.3 is 10.4 Å². The van der Waals surface area contributed by atoms with Crippen LogP contribution < -0.4 is 5.32 Å². The standard InChI is InChI=1S/C9H13N5O3/c15-8(7-11-13-14-12-7)10-4-5-2-1-3-6(5)9(16)17/h5-6H,1-4H2,(H,10,15)(H,16,17)(H,11,12,13,14). The molecule has 0 saturated heterocycles. The third-order valence-corrected chi connectivity index (χ3v) is 3.05. The first kappa shape index (κ1) is 11.5. The molecule has 8 heteroatoms. The van der Waals surface area contributed by atoms with Crippen LogP contribution in [0.25, 0.3) is 0 Å². The summed E-state index contributed by atoms with van der Waals surface area (Å²) in [5, 5.41) is 24.1. The first-order valence-electron chi connectivity index (χ1n) is 5.43. The van der Waals surface area contributed by atoms with Gasteiger partial charge in [0.25, 0.3) is 11.7 Å². The highest BCUT2D eigenvalue weighted by Gasteiger charge is 2.33. The second-order valence-electron chi connectivity index (χ2n) is 4.08. The summed E-state index contributed by atoms with van der Waals surface area (Å²) in [6, 6.07) is 0. The van der Waals surface area contributed by atoms with E-state index in [0.717, 1.165) is 12.8 Å². The van der Waals surface area contributed by atoms with Gasteiger partial charge in [0.2, 0.25) is 0 Å². The average Bonchev–Trinajstić information content (AvgIpc) is 2.96. The number of aromatic amines is 1. The molecule has 1 aliphatic rings. The Morgan fingerprint density at radius 1 is 1.47 bits per heavy atom. The van der Waals surface area contributed by atoms with Gasteiger partial charge in [0.1, 0.15) is 0 Å². The summed E-state index contributed by atoms with van der Waals surface area (Å²) in [6.07, 6.45) is 2.39. The number of carboxylic acids is 1. The SMILES string of the molecule is O=C(NCC1CCCC1C(=O)O)c1nn[nH]n1. The minimum absolute atomic E-state index is 0.0108. The van der Waals surface area contributed by atoms with E-state index in [1.807, 2.05) is 0 Å². The van der Waals surface area contributed by atoms with Crippen LogP contribution in [0.1, 0.15) is 29.9 Å². The highest BCUT2D eigenvalue weighted by molar-refractivity contribution is 5.90. The van der Waals surface area contributed by atoms with Gasteiger partial charge in [-0.2, -0.15) is 5.21 Å². The van der Waals surface area contributed by atoms with Gasteiger partial charge in [-0.25, -0.2) is 0 Å². The highest BCUT2D eigenvalue weighted by Crippen LogP contribution is 2.31. The van der Waals surface area contributed by atoms with E-state index in [1.54, 1.807) is 0 Å². The van der Waals surface area contributed by atoms with Crippen LogP contribution in [0.3, 0.4) is 0 Å². The van der Waals surface area contributed by atoms with Gasteiger partial charge in [0.15, 0.2) is 0 Å². The molecule has 1 aromatic rings. The molecule has 1 amide bonds. The number of aliphatic carboxylic acids is 1. The van der Waals surface area contributed by atoms with Gasteiger partial charge >= 0.3 is 5.97 Å². The van der Waals surface area contributed by atoms with Crippen LogP contribution in [0.5, 0.6) is 0 Å². The molecular formula is C9H13N5O3. The molecule has 2 unspecified atom stereocenters. The second-order valence-corrected chi connectivity index (χ2v) is 4.08. The zero-order chi connectivity index (χ0) is 12.3. The fourth-order valence-corrected chi connectivity index (χ4v) is 2.17. The topological polar surface area (TPSA) is 121 Å². The average molecular weight is 239 g/mol. The number of carbonyl (C=O) groups is 2. The van der Waals surface area contributed by atoms with Crippen molar-refractivity contribution < 1.29 is 14.7 Å². The van der Waals surface area contributed by atoms with Crippen LogP contribution in [-0.4, -0.2) is 44.2 Å². The molecule has 2 atom stereocenters. The van der Waals surface area contributed by atoms with Gasteiger partial charge in [-0.3, -0.25) is 9.59 Å². The molecule has 0 aromatic carbocycles. The van der Waals surface area contributed by atoms with E-state index >= 15 is 0 Å². The quantitative estimate of drug-likeness (QED) is 0.647. The maximum Gasteiger partial charge on any atom is 0.306 e. The lowest BCUT2D eigenvalue weighted by molar-refractivity contribution is -0.142. The monoisotopic (exact) mass is 239 g/mol. The Labute approximate surface area is 96.8 Å².